The van der Waals surface area contributed by atoms with Crippen LogP contribution in [-0.2, 0) is 4.79 Å². The Hall–Kier alpha value is -3.75. The molecule has 1 amide bonds. The molecule has 0 aliphatic heterocycles. The van der Waals surface area contributed by atoms with Crippen LogP contribution in [-0.4, -0.2) is 50.2 Å². The highest BCUT2D eigenvalue weighted by molar-refractivity contribution is 5.99. The van der Waals surface area contributed by atoms with Crippen molar-refractivity contribution in [2.75, 3.05) is 12.4 Å². The van der Waals surface area contributed by atoms with E-state index < -0.39 is 0 Å². The Kier molecular flexibility index (Phi) is 5.30. The number of ether oxygens (including phenoxy) is 1. The molecule has 32 heavy (non-hydrogen) atoms. The predicted molar refractivity (Wildman–Crippen MR) is 122 cm³/mol. The summed E-state index contributed by atoms with van der Waals surface area (Å²) in [6.07, 6.45) is 7.40. The molecule has 0 bridgehead atoms. The first-order valence-electron chi connectivity index (χ1n) is 10.8. The van der Waals surface area contributed by atoms with E-state index in [1.165, 1.54) is 0 Å². The molecule has 0 radical (unpaired) electrons. The highest BCUT2D eigenvalue weighted by Gasteiger charge is 2.23. The highest BCUT2D eigenvalue weighted by Crippen LogP contribution is 2.35. The fraction of sp³-hybridized carbons (Fsp3) is 0.348. The van der Waals surface area contributed by atoms with Gasteiger partial charge in [-0.05, 0) is 49.4 Å². The first kappa shape index (κ1) is 20.2. The fourth-order valence-electron chi connectivity index (χ4n) is 4.45. The molecule has 1 aromatic carbocycles. The number of fused-ring (bicyclic) bond motifs is 2. The van der Waals surface area contributed by atoms with Crippen molar-refractivity contribution in [2.24, 2.45) is 0 Å². The van der Waals surface area contributed by atoms with E-state index in [4.69, 9.17) is 9.72 Å². The molecule has 1 aliphatic carbocycles. The monoisotopic (exact) mass is 431 g/mol. The zero-order valence-corrected chi connectivity index (χ0v) is 18.1. The molecule has 9 nitrogen and oxygen atoms in total. The number of anilines is 1. The van der Waals surface area contributed by atoms with Crippen LogP contribution in [0.1, 0.15) is 32.6 Å². The van der Waals surface area contributed by atoms with Gasteiger partial charge in [-0.15, -0.1) is 0 Å². The SMILES string of the molecule is COc1nc(N[C@H]2CC[C@H](NC(C)=O)CC2)nc2[nH]cc(-c3ccc4nnccc4c3)c12. The first-order valence-corrected chi connectivity index (χ1v) is 10.8. The quantitative estimate of drug-likeness (QED) is 0.443. The summed E-state index contributed by atoms with van der Waals surface area (Å²) in [5, 5.41) is 16.4. The van der Waals surface area contributed by atoms with E-state index in [1.54, 1.807) is 20.2 Å². The number of amides is 1. The van der Waals surface area contributed by atoms with Crippen molar-refractivity contribution in [3.63, 3.8) is 0 Å². The van der Waals surface area contributed by atoms with E-state index >= 15 is 0 Å². The number of nitrogens with one attached hydrogen (secondary N) is 3. The van der Waals surface area contributed by atoms with Gasteiger partial charge in [-0.1, -0.05) is 6.07 Å². The third-order valence-corrected chi connectivity index (χ3v) is 5.98. The number of carbonyl (C=O) groups is 1. The van der Waals surface area contributed by atoms with E-state index in [0.29, 0.717) is 17.5 Å². The van der Waals surface area contributed by atoms with Crippen LogP contribution >= 0.6 is 0 Å². The van der Waals surface area contributed by atoms with Gasteiger partial charge in [0.15, 0.2) is 0 Å². The number of H-pyrrole nitrogens is 1. The molecule has 3 N–H and O–H groups in total. The van der Waals surface area contributed by atoms with Crippen molar-refractivity contribution in [3.05, 3.63) is 36.7 Å². The first-order chi connectivity index (χ1) is 15.6. The van der Waals surface area contributed by atoms with Gasteiger partial charge in [-0.2, -0.15) is 20.2 Å². The lowest BCUT2D eigenvalue weighted by atomic mass is 9.91. The Bertz CT molecular complexity index is 1280. The molecule has 1 aliphatic rings. The average Bonchev–Trinajstić information content (AvgIpc) is 3.23. The molecule has 4 aromatic rings. The minimum Gasteiger partial charge on any atom is -0.480 e. The third-order valence-electron chi connectivity index (χ3n) is 5.98. The Morgan fingerprint density at radius 1 is 1.12 bits per heavy atom. The second kappa shape index (κ2) is 8.41. The number of benzene rings is 1. The van der Waals surface area contributed by atoms with Crippen LogP contribution in [0.5, 0.6) is 5.88 Å². The Balaban J connectivity index is 1.41. The molecule has 1 fully saturated rings. The number of hydrogen-bond acceptors (Lipinski definition) is 7. The predicted octanol–water partition coefficient (Wildman–Crippen LogP) is 3.44. The lowest BCUT2D eigenvalue weighted by Crippen LogP contribution is -2.39. The van der Waals surface area contributed by atoms with E-state index in [1.807, 2.05) is 24.4 Å². The number of methoxy groups -OCH3 is 1. The molecule has 0 spiro atoms. The van der Waals surface area contributed by atoms with Crippen molar-refractivity contribution in [3.8, 4) is 17.0 Å². The van der Waals surface area contributed by atoms with Crippen LogP contribution in [0.15, 0.2) is 36.7 Å². The van der Waals surface area contributed by atoms with Gasteiger partial charge in [0, 0.05) is 36.2 Å². The molecule has 9 heteroatoms. The van der Waals surface area contributed by atoms with Crippen molar-refractivity contribution in [2.45, 2.75) is 44.7 Å². The number of rotatable bonds is 5. The van der Waals surface area contributed by atoms with Crippen LogP contribution in [0.3, 0.4) is 0 Å². The van der Waals surface area contributed by atoms with Gasteiger partial charge in [-0.25, -0.2) is 0 Å². The average molecular weight is 432 g/mol. The van der Waals surface area contributed by atoms with Gasteiger partial charge >= 0.3 is 0 Å². The van der Waals surface area contributed by atoms with Crippen molar-refractivity contribution < 1.29 is 9.53 Å². The zero-order valence-electron chi connectivity index (χ0n) is 18.1. The Morgan fingerprint density at radius 2 is 1.94 bits per heavy atom. The summed E-state index contributed by atoms with van der Waals surface area (Å²) in [6, 6.07) is 8.50. The molecule has 3 heterocycles. The lowest BCUT2D eigenvalue weighted by Gasteiger charge is -2.29. The second-order valence-electron chi connectivity index (χ2n) is 8.18. The number of aromatic nitrogens is 5. The summed E-state index contributed by atoms with van der Waals surface area (Å²) in [5.41, 5.74) is 3.56. The number of carbonyl (C=O) groups excluding carboxylic acids is 1. The normalized spacial score (nSPS) is 18.6. The minimum absolute atomic E-state index is 0.0295. The Morgan fingerprint density at radius 3 is 2.72 bits per heavy atom. The van der Waals surface area contributed by atoms with Gasteiger partial charge < -0.3 is 20.4 Å². The summed E-state index contributed by atoms with van der Waals surface area (Å²) in [7, 11) is 1.62. The maximum atomic E-state index is 11.3. The highest BCUT2D eigenvalue weighted by atomic mass is 16.5. The van der Waals surface area contributed by atoms with Crippen LogP contribution in [0.25, 0.3) is 33.1 Å². The lowest BCUT2D eigenvalue weighted by molar-refractivity contribution is -0.119. The van der Waals surface area contributed by atoms with Crippen LogP contribution in [0, 0.1) is 0 Å². The largest absolute Gasteiger partial charge is 0.480 e. The maximum absolute atomic E-state index is 11.3. The van der Waals surface area contributed by atoms with E-state index in [9.17, 15) is 4.79 Å². The molecule has 5 rings (SSSR count). The molecular formula is C23H25N7O2. The molecule has 0 unspecified atom stereocenters. The zero-order chi connectivity index (χ0) is 22.1. The van der Waals surface area contributed by atoms with E-state index in [-0.39, 0.29) is 18.0 Å². The Labute approximate surface area is 185 Å². The number of aromatic amines is 1. The van der Waals surface area contributed by atoms with Gasteiger partial charge in [0.1, 0.15) is 5.65 Å². The van der Waals surface area contributed by atoms with Crippen LogP contribution in [0.2, 0.25) is 0 Å². The molecule has 164 valence electrons. The van der Waals surface area contributed by atoms with Crippen molar-refractivity contribution >= 4 is 33.8 Å². The molecule has 0 saturated heterocycles. The van der Waals surface area contributed by atoms with E-state index in [0.717, 1.165) is 53.1 Å². The van der Waals surface area contributed by atoms with Gasteiger partial charge in [0.05, 0.1) is 24.2 Å². The molecule has 0 atom stereocenters. The number of nitrogens with zero attached hydrogens (tertiary/aromatic N) is 4. The maximum Gasteiger partial charge on any atom is 0.228 e. The van der Waals surface area contributed by atoms with Crippen LogP contribution in [0.4, 0.5) is 5.95 Å². The summed E-state index contributed by atoms with van der Waals surface area (Å²) in [6.45, 7) is 1.57. The number of hydrogen-bond donors (Lipinski definition) is 3. The third kappa shape index (κ3) is 3.93. The summed E-state index contributed by atoms with van der Waals surface area (Å²) in [5.74, 6) is 1.09. The van der Waals surface area contributed by atoms with Gasteiger partial charge in [0.25, 0.3) is 0 Å². The standard InChI is InChI=1S/C23H25N7O2/c1-13(31)26-16-4-6-17(7-5-16)27-23-28-21-20(22(29-23)32-2)18(12-24-21)14-3-8-19-15(11-14)9-10-25-30-19/h3,8-12,16-17H,4-7H2,1-2H3,(H,26,31)(H2,24,27,28,29)/t16-,17-. The summed E-state index contributed by atoms with van der Waals surface area (Å²) >= 11 is 0. The topological polar surface area (TPSA) is 118 Å². The van der Waals surface area contributed by atoms with Crippen LogP contribution < -0.4 is 15.4 Å². The van der Waals surface area contributed by atoms with Gasteiger partial charge in [0.2, 0.25) is 17.7 Å². The molecular weight excluding hydrogens is 406 g/mol. The second-order valence-corrected chi connectivity index (χ2v) is 8.18. The summed E-state index contributed by atoms with van der Waals surface area (Å²) in [4.78, 5) is 23.9. The molecule has 1 saturated carbocycles. The van der Waals surface area contributed by atoms with E-state index in [2.05, 4.69) is 36.9 Å². The fourth-order valence-corrected chi connectivity index (χ4v) is 4.45. The molecule has 3 aromatic heterocycles. The van der Waals surface area contributed by atoms with Gasteiger partial charge in [-0.3, -0.25) is 4.79 Å². The van der Waals surface area contributed by atoms with Crippen molar-refractivity contribution in [1.29, 1.82) is 0 Å². The van der Waals surface area contributed by atoms with Crippen molar-refractivity contribution in [1.82, 2.24) is 30.5 Å². The summed E-state index contributed by atoms with van der Waals surface area (Å²) < 4.78 is 5.65. The minimum atomic E-state index is 0.0295. The smallest absolute Gasteiger partial charge is 0.228 e.